The predicted molar refractivity (Wildman–Crippen MR) is 159 cm³/mol. The number of halogens is 1. The number of fused-ring (bicyclic) bond motifs is 1. The Kier molecular flexibility index (Phi) is 12.3. The molecule has 0 fully saturated rings. The van der Waals surface area contributed by atoms with Crippen LogP contribution in [0.3, 0.4) is 0 Å². The lowest BCUT2D eigenvalue weighted by Gasteiger charge is -2.30. The Labute approximate surface area is 222 Å². The number of nitrogens with one attached hydrogen (secondary N) is 1. The van der Waals surface area contributed by atoms with Gasteiger partial charge in [-0.05, 0) is 80.1 Å². The maximum Gasteiger partial charge on any atom is 0.115 e. The molecule has 4 heteroatoms. The van der Waals surface area contributed by atoms with Gasteiger partial charge in [-0.3, -0.25) is 0 Å². The highest BCUT2D eigenvalue weighted by Crippen LogP contribution is 2.30. The summed E-state index contributed by atoms with van der Waals surface area (Å²) in [6.07, 6.45) is 1.25. The van der Waals surface area contributed by atoms with E-state index in [1.807, 2.05) is 37.4 Å². The Morgan fingerprint density at radius 3 is 2.06 bits per heavy atom. The summed E-state index contributed by atoms with van der Waals surface area (Å²) in [7, 11) is 1.98. The summed E-state index contributed by atoms with van der Waals surface area (Å²) in [6, 6.07) is 30.4. The van der Waals surface area contributed by atoms with Crippen LogP contribution in [-0.4, -0.2) is 24.7 Å². The van der Waals surface area contributed by atoms with Gasteiger partial charge in [0.15, 0.2) is 0 Å². The third kappa shape index (κ3) is 9.22. The van der Waals surface area contributed by atoms with Crippen molar-refractivity contribution in [2.24, 2.45) is 5.92 Å². The molecule has 0 spiro atoms. The number of benzene rings is 4. The van der Waals surface area contributed by atoms with E-state index in [0.717, 1.165) is 22.9 Å². The summed E-state index contributed by atoms with van der Waals surface area (Å²) in [5.41, 5.74) is 3.41. The Morgan fingerprint density at radius 1 is 0.806 bits per heavy atom. The van der Waals surface area contributed by atoms with Gasteiger partial charge in [0.1, 0.15) is 5.75 Å². The van der Waals surface area contributed by atoms with Gasteiger partial charge in [-0.1, -0.05) is 92.9 Å². The van der Waals surface area contributed by atoms with E-state index in [1.54, 1.807) is 12.1 Å². The van der Waals surface area contributed by atoms with Gasteiger partial charge in [0.25, 0.3) is 0 Å². The molecule has 0 aromatic heterocycles. The van der Waals surface area contributed by atoms with E-state index in [9.17, 15) is 5.11 Å². The van der Waals surface area contributed by atoms with Crippen molar-refractivity contribution in [1.29, 1.82) is 0 Å². The summed E-state index contributed by atoms with van der Waals surface area (Å²) in [5.74, 6) is 0.712. The monoisotopic (exact) mass is 504 g/mol. The number of nitrogens with zero attached hydrogens (tertiary/aromatic N) is 1. The van der Waals surface area contributed by atoms with Crippen molar-refractivity contribution >= 4 is 33.7 Å². The summed E-state index contributed by atoms with van der Waals surface area (Å²) in [4.78, 5) is 2.23. The van der Waals surface area contributed by atoms with Gasteiger partial charge in [-0.2, -0.15) is 0 Å². The smallest absolute Gasteiger partial charge is 0.115 e. The van der Waals surface area contributed by atoms with Crippen LogP contribution in [0, 0.1) is 12.8 Å². The van der Waals surface area contributed by atoms with E-state index in [4.69, 9.17) is 11.6 Å². The molecule has 0 aliphatic rings. The lowest BCUT2D eigenvalue weighted by atomic mass is 10.0. The first-order valence-electron chi connectivity index (χ1n) is 12.7. The number of aromatic hydroxyl groups is 1. The Balaban J connectivity index is 0.000000269. The molecular weight excluding hydrogens is 464 g/mol. The van der Waals surface area contributed by atoms with Gasteiger partial charge in [0.2, 0.25) is 0 Å². The molecule has 192 valence electrons. The van der Waals surface area contributed by atoms with Crippen LogP contribution in [0.1, 0.15) is 39.7 Å². The van der Waals surface area contributed by atoms with Crippen LogP contribution in [-0.2, 0) is 0 Å². The molecule has 4 aromatic rings. The van der Waals surface area contributed by atoms with Crippen LogP contribution in [0.2, 0.25) is 5.02 Å². The third-order valence-corrected chi connectivity index (χ3v) is 6.20. The average molecular weight is 505 g/mol. The fourth-order valence-electron chi connectivity index (χ4n) is 3.68. The highest BCUT2D eigenvalue weighted by atomic mass is 35.5. The number of aryl methyl sites for hydroxylation is 1. The molecule has 2 unspecified atom stereocenters. The van der Waals surface area contributed by atoms with Crippen LogP contribution in [0.5, 0.6) is 5.75 Å². The number of phenolic OH excluding ortho intramolecular Hbond substituents is 1. The maximum atomic E-state index is 9.51. The first-order chi connectivity index (χ1) is 17.3. The molecule has 2 atom stereocenters. The lowest BCUT2D eigenvalue weighted by Crippen LogP contribution is -2.36. The SMILES string of the molecule is CCC.CNC(C)C(C)CN(c1ccc(O)cc1)c1cccc(Cl)c1.Cc1ccc2ccccc2c1. The van der Waals surface area contributed by atoms with Crippen LogP contribution < -0.4 is 10.2 Å². The Bertz CT molecular complexity index is 1180. The van der Waals surface area contributed by atoms with Gasteiger partial charge < -0.3 is 15.3 Å². The van der Waals surface area contributed by atoms with Crippen molar-refractivity contribution in [2.45, 2.75) is 47.1 Å². The Hall–Kier alpha value is -3.01. The highest BCUT2D eigenvalue weighted by molar-refractivity contribution is 6.30. The van der Waals surface area contributed by atoms with E-state index in [-0.39, 0.29) is 5.75 Å². The van der Waals surface area contributed by atoms with Crippen molar-refractivity contribution in [3.63, 3.8) is 0 Å². The molecule has 3 nitrogen and oxygen atoms in total. The molecule has 4 rings (SSSR count). The summed E-state index contributed by atoms with van der Waals surface area (Å²) >= 11 is 6.15. The summed E-state index contributed by atoms with van der Waals surface area (Å²) in [6.45, 7) is 11.6. The first-order valence-corrected chi connectivity index (χ1v) is 13.1. The largest absolute Gasteiger partial charge is 0.508 e. The molecular formula is C32H41ClN2O. The zero-order valence-corrected chi connectivity index (χ0v) is 23.3. The molecule has 0 aliphatic heterocycles. The second kappa shape index (κ2) is 15.2. The van der Waals surface area contributed by atoms with Crippen LogP contribution in [0.25, 0.3) is 10.8 Å². The lowest BCUT2D eigenvalue weighted by molar-refractivity contribution is 0.432. The number of hydrogen-bond acceptors (Lipinski definition) is 3. The molecule has 0 heterocycles. The molecule has 0 saturated carbocycles. The maximum absolute atomic E-state index is 9.51. The average Bonchev–Trinajstić information content (AvgIpc) is 2.88. The van der Waals surface area contributed by atoms with Gasteiger partial charge in [-0.15, -0.1) is 0 Å². The first kappa shape index (κ1) is 29.2. The molecule has 0 saturated heterocycles. The topological polar surface area (TPSA) is 35.5 Å². The Morgan fingerprint density at radius 2 is 1.44 bits per heavy atom. The molecule has 36 heavy (non-hydrogen) atoms. The van der Waals surface area contributed by atoms with E-state index >= 15 is 0 Å². The molecule has 0 bridgehead atoms. The highest BCUT2D eigenvalue weighted by Gasteiger charge is 2.17. The van der Waals surface area contributed by atoms with Crippen molar-refractivity contribution in [3.05, 3.63) is 102 Å². The molecule has 2 N–H and O–H groups in total. The summed E-state index contributed by atoms with van der Waals surface area (Å²) < 4.78 is 0. The number of hydrogen-bond donors (Lipinski definition) is 2. The zero-order valence-electron chi connectivity index (χ0n) is 22.5. The minimum atomic E-state index is 0.270. The van der Waals surface area contributed by atoms with Gasteiger partial charge in [-0.25, -0.2) is 0 Å². The second-order valence-corrected chi connectivity index (χ2v) is 9.66. The van der Waals surface area contributed by atoms with Crippen LogP contribution in [0.15, 0.2) is 91.0 Å². The minimum Gasteiger partial charge on any atom is -0.508 e. The minimum absolute atomic E-state index is 0.270. The van der Waals surface area contributed by atoms with E-state index < -0.39 is 0 Å². The van der Waals surface area contributed by atoms with Crippen LogP contribution >= 0.6 is 11.6 Å². The van der Waals surface area contributed by atoms with Crippen molar-refractivity contribution in [3.8, 4) is 5.75 Å². The van der Waals surface area contributed by atoms with Crippen molar-refractivity contribution < 1.29 is 5.11 Å². The fraction of sp³-hybridized carbons (Fsp3) is 0.312. The number of rotatable bonds is 6. The second-order valence-electron chi connectivity index (χ2n) is 9.22. The molecule has 0 aliphatic carbocycles. The van der Waals surface area contributed by atoms with E-state index in [2.05, 4.69) is 93.4 Å². The predicted octanol–water partition coefficient (Wildman–Crippen LogP) is 8.99. The molecule has 0 radical (unpaired) electrons. The van der Waals surface area contributed by atoms with Gasteiger partial charge >= 0.3 is 0 Å². The standard InChI is InChI=1S/C18H23ClN2O.C11H10.C3H8/c1-13(14(2)20-3)12-21(16-7-9-18(22)10-8-16)17-6-4-5-15(19)11-17;1-9-6-7-10-4-2-3-5-11(10)8-9;1-3-2/h4-11,13-14,20,22H,12H2,1-3H3;2-8H,1H3;3H2,1-2H3. The fourth-order valence-corrected chi connectivity index (χ4v) is 3.86. The quantitative estimate of drug-likeness (QED) is 0.275. The molecule has 4 aromatic carbocycles. The van der Waals surface area contributed by atoms with Gasteiger partial charge in [0, 0.05) is 29.0 Å². The number of phenols is 1. The van der Waals surface area contributed by atoms with Crippen molar-refractivity contribution in [1.82, 2.24) is 5.32 Å². The number of anilines is 2. The van der Waals surface area contributed by atoms with E-state index in [1.165, 1.54) is 22.8 Å². The molecule has 0 amide bonds. The van der Waals surface area contributed by atoms with Crippen molar-refractivity contribution in [2.75, 3.05) is 18.5 Å². The normalized spacial score (nSPS) is 12.0. The van der Waals surface area contributed by atoms with Gasteiger partial charge in [0.05, 0.1) is 0 Å². The summed E-state index contributed by atoms with van der Waals surface area (Å²) in [5, 5.41) is 16.2. The van der Waals surface area contributed by atoms with E-state index in [0.29, 0.717) is 12.0 Å². The zero-order chi connectivity index (χ0) is 26.5. The third-order valence-electron chi connectivity index (χ3n) is 5.97. The van der Waals surface area contributed by atoms with Crippen LogP contribution in [0.4, 0.5) is 11.4 Å².